The lowest BCUT2D eigenvalue weighted by molar-refractivity contribution is -0.141. The van der Waals surface area contributed by atoms with E-state index in [-0.39, 0.29) is 15.8 Å². The van der Waals surface area contributed by atoms with E-state index in [0.29, 0.717) is 18.8 Å². The van der Waals surface area contributed by atoms with Crippen molar-refractivity contribution in [2.75, 3.05) is 24.2 Å². The number of amides is 1. The summed E-state index contributed by atoms with van der Waals surface area (Å²) in [5.41, 5.74) is -0.723. The number of sulfonamides is 1. The Hall–Kier alpha value is -2.18. The lowest BCUT2D eigenvalue weighted by Gasteiger charge is -2.18. The Labute approximate surface area is 170 Å². The lowest BCUT2D eigenvalue weighted by Crippen LogP contribution is -2.30. The van der Waals surface area contributed by atoms with Crippen molar-refractivity contribution < 1.29 is 26.4 Å². The first-order valence-corrected chi connectivity index (χ1v) is 10.9. The topological polar surface area (TPSA) is 92.3 Å². The van der Waals surface area contributed by atoms with Crippen LogP contribution in [-0.4, -0.2) is 47.4 Å². The molecule has 2 rings (SSSR count). The number of hydrogen-bond acceptors (Lipinski definition) is 6. The number of carbonyl (C=O) groups excluding carboxylic acids is 1. The Bertz CT molecular complexity index is 947. The first-order valence-electron chi connectivity index (χ1n) is 8.51. The van der Waals surface area contributed by atoms with Crippen molar-refractivity contribution in [1.29, 1.82) is 0 Å². The van der Waals surface area contributed by atoms with E-state index in [9.17, 15) is 26.4 Å². The highest BCUT2D eigenvalue weighted by molar-refractivity contribution is 7.99. The van der Waals surface area contributed by atoms with Crippen molar-refractivity contribution in [1.82, 2.24) is 14.3 Å². The minimum absolute atomic E-state index is 0.103. The van der Waals surface area contributed by atoms with Crippen molar-refractivity contribution in [3.05, 3.63) is 42.2 Å². The molecule has 29 heavy (non-hydrogen) atoms. The minimum atomic E-state index is -4.59. The van der Waals surface area contributed by atoms with Crippen LogP contribution in [0.25, 0.3) is 0 Å². The molecule has 158 valence electrons. The van der Waals surface area contributed by atoms with Gasteiger partial charge in [-0.05, 0) is 30.3 Å². The van der Waals surface area contributed by atoms with E-state index >= 15 is 0 Å². The highest BCUT2D eigenvalue weighted by atomic mass is 32.2. The lowest BCUT2D eigenvalue weighted by atomic mass is 10.3. The first kappa shape index (κ1) is 23.1. The maximum atomic E-state index is 12.6. The highest BCUT2D eigenvalue weighted by Gasteiger charge is 2.32. The van der Waals surface area contributed by atoms with Crippen LogP contribution in [0.4, 0.5) is 18.9 Å². The number of carbonyl (C=O) groups is 1. The Kier molecular flexibility index (Phi) is 7.60. The van der Waals surface area contributed by atoms with Crippen molar-refractivity contribution >= 4 is 33.4 Å². The second-order valence-corrected chi connectivity index (χ2v) is 8.55. The second-order valence-electron chi connectivity index (χ2n) is 5.67. The molecule has 2 aromatic rings. The zero-order valence-corrected chi connectivity index (χ0v) is 17.2. The van der Waals surface area contributed by atoms with E-state index in [1.165, 1.54) is 28.6 Å². The molecule has 0 saturated carbocycles. The number of rotatable bonds is 8. The summed E-state index contributed by atoms with van der Waals surface area (Å²) in [5.74, 6) is -0.698. The molecule has 0 bridgehead atoms. The fourth-order valence-corrected chi connectivity index (χ4v) is 4.41. The minimum Gasteiger partial charge on any atom is -0.325 e. The number of nitrogens with zero attached hydrogens (tertiary/aromatic N) is 3. The van der Waals surface area contributed by atoms with Gasteiger partial charge in [0.1, 0.15) is 5.69 Å². The second kappa shape index (κ2) is 9.55. The Morgan fingerprint density at radius 2 is 1.76 bits per heavy atom. The molecule has 0 radical (unpaired) electrons. The quantitative estimate of drug-likeness (QED) is 0.492. The van der Waals surface area contributed by atoms with Gasteiger partial charge in [-0.15, -0.1) is 0 Å². The van der Waals surface area contributed by atoms with E-state index in [4.69, 9.17) is 0 Å². The van der Waals surface area contributed by atoms with Crippen LogP contribution in [0.2, 0.25) is 0 Å². The van der Waals surface area contributed by atoms with Crippen LogP contribution in [0.3, 0.4) is 0 Å². The number of alkyl halides is 3. The van der Waals surface area contributed by atoms with Crippen molar-refractivity contribution in [3.8, 4) is 0 Å². The standard InChI is InChI=1S/C17H19F3N4O3S2/c1-3-24(4-2)29(26,27)13-7-5-12(6-8-13)22-15(25)11-28-16-21-10-9-14(23-16)17(18,19)20/h5-10H,3-4,11H2,1-2H3,(H,22,25). The van der Waals surface area contributed by atoms with Gasteiger partial charge in [0, 0.05) is 25.0 Å². The van der Waals surface area contributed by atoms with Gasteiger partial charge in [0.05, 0.1) is 10.6 Å². The van der Waals surface area contributed by atoms with Gasteiger partial charge in [0.15, 0.2) is 5.16 Å². The molecular formula is C17H19F3N4O3S2. The third kappa shape index (κ3) is 6.15. The van der Waals surface area contributed by atoms with Gasteiger partial charge in [-0.2, -0.15) is 17.5 Å². The molecule has 1 N–H and O–H groups in total. The summed E-state index contributed by atoms with van der Waals surface area (Å²) in [6.07, 6.45) is -3.61. The molecule has 0 aliphatic carbocycles. The van der Waals surface area contributed by atoms with E-state index in [0.717, 1.165) is 24.0 Å². The molecule has 0 atom stereocenters. The summed E-state index contributed by atoms with van der Waals surface area (Å²) in [6, 6.07) is 6.40. The first-order chi connectivity index (χ1) is 13.6. The Morgan fingerprint density at radius 1 is 1.14 bits per heavy atom. The predicted octanol–water partition coefficient (Wildman–Crippen LogP) is 3.26. The largest absolute Gasteiger partial charge is 0.433 e. The smallest absolute Gasteiger partial charge is 0.325 e. The number of halogens is 3. The summed E-state index contributed by atoms with van der Waals surface area (Å²) in [4.78, 5) is 19.2. The predicted molar refractivity (Wildman–Crippen MR) is 103 cm³/mol. The maximum absolute atomic E-state index is 12.6. The van der Waals surface area contributed by atoms with Crippen LogP contribution < -0.4 is 5.32 Å². The van der Waals surface area contributed by atoms with Crippen LogP contribution >= 0.6 is 11.8 Å². The van der Waals surface area contributed by atoms with Gasteiger partial charge in [0.2, 0.25) is 15.9 Å². The normalized spacial score (nSPS) is 12.2. The van der Waals surface area contributed by atoms with Crippen LogP contribution in [-0.2, 0) is 21.0 Å². The molecular weight excluding hydrogens is 429 g/mol. The van der Waals surface area contributed by atoms with Gasteiger partial charge < -0.3 is 5.32 Å². The third-order valence-corrected chi connectivity index (χ3v) is 6.66. The van der Waals surface area contributed by atoms with Crippen LogP contribution in [0, 0.1) is 0 Å². The van der Waals surface area contributed by atoms with Crippen LogP contribution in [0.5, 0.6) is 0 Å². The Balaban J connectivity index is 1.98. The van der Waals surface area contributed by atoms with Gasteiger partial charge in [-0.25, -0.2) is 18.4 Å². The summed E-state index contributed by atoms with van der Waals surface area (Å²) in [7, 11) is -3.60. The van der Waals surface area contributed by atoms with E-state index < -0.39 is 27.8 Å². The van der Waals surface area contributed by atoms with Gasteiger partial charge in [0.25, 0.3) is 0 Å². The molecule has 0 unspecified atom stereocenters. The van der Waals surface area contributed by atoms with Crippen molar-refractivity contribution in [3.63, 3.8) is 0 Å². The summed E-state index contributed by atoms with van der Waals surface area (Å²) >= 11 is 0.759. The van der Waals surface area contributed by atoms with Gasteiger partial charge in [-0.1, -0.05) is 25.6 Å². The van der Waals surface area contributed by atoms with Crippen molar-refractivity contribution in [2.24, 2.45) is 0 Å². The molecule has 0 aliphatic rings. The summed E-state index contributed by atoms with van der Waals surface area (Å²) < 4.78 is 64.1. The maximum Gasteiger partial charge on any atom is 0.433 e. The summed E-state index contributed by atoms with van der Waals surface area (Å²) in [5, 5.41) is 2.38. The fourth-order valence-electron chi connectivity index (χ4n) is 2.32. The fraction of sp³-hybridized carbons (Fsp3) is 0.353. The number of thioether (sulfide) groups is 1. The molecule has 0 fully saturated rings. The molecule has 1 aromatic carbocycles. The number of aromatic nitrogens is 2. The molecule has 7 nitrogen and oxygen atoms in total. The highest BCUT2D eigenvalue weighted by Crippen LogP contribution is 2.28. The number of hydrogen-bond donors (Lipinski definition) is 1. The number of nitrogens with one attached hydrogen (secondary N) is 1. The Morgan fingerprint density at radius 3 is 2.31 bits per heavy atom. The monoisotopic (exact) mass is 448 g/mol. The summed E-state index contributed by atoms with van der Waals surface area (Å²) in [6.45, 7) is 4.15. The molecule has 0 saturated heterocycles. The number of anilines is 1. The van der Waals surface area contributed by atoms with Gasteiger partial charge >= 0.3 is 6.18 Å². The zero-order chi connectivity index (χ0) is 21.7. The molecule has 12 heteroatoms. The van der Waals surface area contributed by atoms with E-state index in [1.54, 1.807) is 13.8 Å². The van der Waals surface area contributed by atoms with Crippen LogP contribution in [0.15, 0.2) is 46.6 Å². The average molecular weight is 448 g/mol. The zero-order valence-electron chi connectivity index (χ0n) is 15.6. The molecule has 0 spiro atoms. The number of benzene rings is 1. The molecule has 1 heterocycles. The third-order valence-electron chi connectivity index (χ3n) is 3.74. The molecule has 0 aliphatic heterocycles. The molecule has 1 amide bonds. The molecule has 1 aromatic heterocycles. The average Bonchev–Trinajstić information content (AvgIpc) is 2.67. The van der Waals surface area contributed by atoms with Crippen molar-refractivity contribution in [2.45, 2.75) is 30.1 Å². The van der Waals surface area contributed by atoms with E-state index in [2.05, 4.69) is 15.3 Å². The van der Waals surface area contributed by atoms with Crippen LogP contribution in [0.1, 0.15) is 19.5 Å². The SMILES string of the molecule is CCN(CC)S(=O)(=O)c1ccc(NC(=O)CSc2nccc(C(F)(F)F)n2)cc1. The van der Waals surface area contributed by atoms with Gasteiger partial charge in [-0.3, -0.25) is 4.79 Å². The van der Waals surface area contributed by atoms with E-state index in [1.807, 2.05) is 0 Å².